The molecule has 0 unspecified atom stereocenters. The fourth-order valence-corrected chi connectivity index (χ4v) is 5.88. The Labute approximate surface area is 287 Å². The Morgan fingerprint density at radius 2 is 1.55 bits per heavy atom. The molecule has 12 nitrogen and oxygen atoms in total. The zero-order valence-electron chi connectivity index (χ0n) is 29.4. The topological polar surface area (TPSA) is 122 Å². The van der Waals surface area contributed by atoms with Crippen molar-refractivity contribution in [2.45, 2.75) is 66.2 Å². The SMILES string of the molecule is Cc1c(-c2ccc3cnc(Nc4ccc(CN5CCN(C(=O)OC(C)(C)C)CC5)cc4)nc3c2)cnc2c1N(C(=O)OC(C)(C)C)CCO2. The number of benzene rings is 2. The third-order valence-electron chi connectivity index (χ3n) is 8.24. The van der Waals surface area contributed by atoms with Crippen LogP contribution >= 0.6 is 0 Å². The molecule has 0 atom stereocenters. The van der Waals surface area contributed by atoms with E-state index >= 15 is 0 Å². The van der Waals surface area contributed by atoms with Crippen molar-refractivity contribution in [2.24, 2.45) is 0 Å². The van der Waals surface area contributed by atoms with Crippen molar-refractivity contribution < 1.29 is 23.8 Å². The summed E-state index contributed by atoms with van der Waals surface area (Å²) in [6.45, 7) is 17.6. The van der Waals surface area contributed by atoms with Crippen molar-refractivity contribution in [3.63, 3.8) is 0 Å². The van der Waals surface area contributed by atoms with Crippen molar-refractivity contribution in [3.05, 3.63) is 66.0 Å². The van der Waals surface area contributed by atoms with Gasteiger partial charge in [-0.1, -0.05) is 24.3 Å². The minimum atomic E-state index is -0.623. The zero-order chi connectivity index (χ0) is 34.9. The summed E-state index contributed by atoms with van der Waals surface area (Å²) in [5.74, 6) is 0.903. The molecule has 2 amide bonds. The lowest BCUT2D eigenvalue weighted by Gasteiger charge is -2.35. The number of rotatable bonds is 5. The van der Waals surface area contributed by atoms with Crippen LogP contribution < -0.4 is 15.0 Å². The molecule has 1 saturated heterocycles. The first-order chi connectivity index (χ1) is 23.2. The normalized spacial score (nSPS) is 15.4. The number of ether oxygens (including phenoxy) is 3. The molecule has 0 bridgehead atoms. The van der Waals surface area contributed by atoms with E-state index < -0.39 is 17.3 Å². The molecule has 0 spiro atoms. The molecule has 2 aliphatic rings. The fourth-order valence-electron chi connectivity index (χ4n) is 5.88. The van der Waals surface area contributed by atoms with Gasteiger partial charge < -0.3 is 24.4 Å². The number of pyridine rings is 1. The van der Waals surface area contributed by atoms with Crippen LogP contribution in [0.4, 0.5) is 26.9 Å². The molecule has 2 aliphatic heterocycles. The predicted molar refractivity (Wildman–Crippen MR) is 189 cm³/mol. The number of aromatic nitrogens is 3. The molecule has 2 aromatic heterocycles. The second kappa shape index (κ2) is 13.5. The lowest BCUT2D eigenvalue weighted by Crippen LogP contribution is -2.49. The number of carbonyl (C=O) groups is 2. The van der Waals surface area contributed by atoms with Gasteiger partial charge in [0.15, 0.2) is 0 Å². The predicted octanol–water partition coefficient (Wildman–Crippen LogP) is 6.93. The van der Waals surface area contributed by atoms with Gasteiger partial charge in [0.2, 0.25) is 11.8 Å². The molecule has 12 heteroatoms. The summed E-state index contributed by atoms with van der Waals surface area (Å²) in [6, 6.07) is 14.2. The van der Waals surface area contributed by atoms with Crippen LogP contribution in [0.5, 0.6) is 5.88 Å². The monoisotopic (exact) mass is 667 g/mol. The van der Waals surface area contributed by atoms with E-state index in [4.69, 9.17) is 19.2 Å². The Balaban J connectivity index is 1.13. The van der Waals surface area contributed by atoms with Gasteiger partial charge in [-0.3, -0.25) is 9.80 Å². The molecule has 0 saturated carbocycles. The van der Waals surface area contributed by atoms with Gasteiger partial charge in [0.1, 0.15) is 23.5 Å². The molecule has 4 heterocycles. The number of carbonyl (C=O) groups excluding carboxylic acids is 2. The standard InChI is InChI=1S/C37H45N7O5/c1-24-29(22-38-32-31(24)44(18-19-47-32)35(46)49-37(5,6)7)26-10-11-27-21-39-33(41-30(27)20-26)40-28-12-8-25(9-13-28)23-42-14-16-43(17-15-42)34(45)48-36(2,3)4/h8-13,20-22H,14-19,23H2,1-7H3,(H,39,40,41). The summed E-state index contributed by atoms with van der Waals surface area (Å²) < 4.78 is 17.0. The summed E-state index contributed by atoms with van der Waals surface area (Å²) in [5.41, 5.74) is 4.99. The molecule has 49 heavy (non-hydrogen) atoms. The number of nitrogens with zero attached hydrogens (tertiary/aromatic N) is 6. The van der Waals surface area contributed by atoms with Crippen LogP contribution in [-0.2, 0) is 16.0 Å². The van der Waals surface area contributed by atoms with Crippen LogP contribution in [0.1, 0.15) is 52.7 Å². The Morgan fingerprint density at radius 3 is 2.24 bits per heavy atom. The van der Waals surface area contributed by atoms with Gasteiger partial charge in [-0.2, -0.15) is 0 Å². The third-order valence-corrected chi connectivity index (χ3v) is 8.24. The van der Waals surface area contributed by atoms with Gasteiger partial charge in [0.25, 0.3) is 0 Å². The lowest BCUT2D eigenvalue weighted by atomic mass is 9.99. The van der Waals surface area contributed by atoms with Crippen molar-refractivity contribution in [1.29, 1.82) is 0 Å². The molecule has 4 aromatic rings. The number of nitrogens with one attached hydrogen (secondary N) is 1. The first-order valence-electron chi connectivity index (χ1n) is 16.7. The number of anilines is 3. The van der Waals surface area contributed by atoms with Crippen LogP contribution in [0.15, 0.2) is 54.9 Å². The quantitative estimate of drug-likeness (QED) is 0.240. The van der Waals surface area contributed by atoms with Gasteiger partial charge in [-0.05, 0) is 83.4 Å². The highest BCUT2D eigenvalue weighted by atomic mass is 16.6. The molecular formula is C37H45N7O5. The molecule has 1 fully saturated rings. The van der Waals surface area contributed by atoms with Gasteiger partial charge >= 0.3 is 12.2 Å². The van der Waals surface area contributed by atoms with Crippen molar-refractivity contribution in [2.75, 3.05) is 49.5 Å². The highest BCUT2D eigenvalue weighted by molar-refractivity contribution is 5.94. The number of piperazine rings is 1. The molecule has 0 aliphatic carbocycles. The van der Waals surface area contributed by atoms with E-state index in [-0.39, 0.29) is 6.09 Å². The Hall–Kier alpha value is -4.97. The summed E-state index contributed by atoms with van der Waals surface area (Å²) in [4.78, 5) is 45.1. The van der Waals surface area contributed by atoms with Crippen LogP contribution in [0.2, 0.25) is 0 Å². The van der Waals surface area contributed by atoms with Gasteiger partial charge in [-0.15, -0.1) is 0 Å². The third kappa shape index (κ3) is 8.19. The van der Waals surface area contributed by atoms with Crippen molar-refractivity contribution >= 4 is 40.4 Å². The highest BCUT2D eigenvalue weighted by Crippen LogP contribution is 2.39. The van der Waals surface area contributed by atoms with E-state index in [1.165, 1.54) is 5.56 Å². The Bertz CT molecular complexity index is 1840. The summed E-state index contributed by atoms with van der Waals surface area (Å²) in [7, 11) is 0. The van der Waals surface area contributed by atoms with Crippen LogP contribution in [0.3, 0.4) is 0 Å². The van der Waals surface area contributed by atoms with Gasteiger partial charge in [0, 0.05) is 61.8 Å². The summed E-state index contributed by atoms with van der Waals surface area (Å²) in [5, 5.41) is 4.23. The number of fused-ring (bicyclic) bond motifs is 2. The van der Waals surface area contributed by atoms with E-state index in [2.05, 4.69) is 32.3 Å². The smallest absolute Gasteiger partial charge is 0.415 e. The molecule has 2 aromatic carbocycles. The number of hydrogen-bond donors (Lipinski definition) is 1. The number of hydrogen-bond acceptors (Lipinski definition) is 10. The lowest BCUT2D eigenvalue weighted by molar-refractivity contribution is 0.0139. The second-order valence-electron chi connectivity index (χ2n) is 14.5. The maximum absolute atomic E-state index is 13.1. The average Bonchev–Trinajstić information content (AvgIpc) is 3.04. The maximum atomic E-state index is 13.1. The van der Waals surface area contributed by atoms with E-state index in [1.54, 1.807) is 22.2 Å². The molecule has 0 radical (unpaired) electrons. The molecule has 258 valence electrons. The van der Waals surface area contributed by atoms with E-state index in [0.29, 0.717) is 43.8 Å². The Morgan fingerprint density at radius 1 is 0.857 bits per heavy atom. The minimum Gasteiger partial charge on any atom is -0.474 e. The van der Waals surface area contributed by atoms with Crippen LogP contribution in [-0.4, -0.2) is 87.5 Å². The van der Waals surface area contributed by atoms with Crippen molar-refractivity contribution in [1.82, 2.24) is 24.8 Å². The van der Waals surface area contributed by atoms with Crippen LogP contribution in [0, 0.1) is 6.92 Å². The summed E-state index contributed by atoms with van der Waals surface area (Å²) in [6.07, 6.45) is 2.90. The number of amides is 2. The first kappa shape index (κ1) is 33.9. The van der Waals surface area contributed by atoms with E-state index in [1.807, 2.05) is 78.8 Å². The fraction of sp³-hybridized carbons (Fsp3) is 0.432. The first-order valence-corrected chi connectivity index (χ1v) is 16.7. The second-order valence-corrected chi connectivity index (χ2v) is 14.5. The highest BCUT2D eigenvalue weighted by Gasteiger charge is 2.32. The van der Waals surface area contributed by atoms with Gasteiger partial charge in [-0.25, -0.2) is 24.5 Å². The molecule has 1 N–H and O–H groups in total. The van der Waals surface area contributed by atoms with Gasteiger partial charge in [0.05, 0.1) is 12.1 Å². The zero-order valence-corrected chi connectivity index (χ0v) is 29.4. The van der Waals surface area contributed by atoms with E-state index in [9.17, 15) is 9.59 Å². The molecular weight excluding hydrogens is 622 g/mol. The van der Waals surface area contributed by atoms with E-state index in [0.717, 1.165) is 52.9 Å². The maximum Gasteiger partial charge on any atom is 0.415 e. The molecule has 6 rings (SSSR count). The average molecular weight is 668 g/mol. The minimum absolute atomic E-state index is 0.248. The van der Waals surface area contributed by atoms with Crippen LogP contribution in [0.25, 0.3) is 22.0 Å². The Kier molecular flexibility index (Phi) is 9.35. The largest absolute Gasteiger partial charge is 0.474 e. The summed E-state index contributed by atoms with van der Waals surface area (Å²) >= 11 is 0. The van der Waals surface area contributed by atoms with Crippen molar-refractivity contribution in [3.8, 4) is 17.0 Å².